The van der Waals surface area contributed by atoms with Gasteiger partial charge in [-0.15, -0.1) is 0 Å². The summed E-state index contributed by atoms with van der Waals surface area (Å²) in [6.45, 7) is 3.59. The van der Waals surface area contributed by atoms with E-state index in [9.17, 15) is 4.79 Å². The van der Waals surface area contributed by atoms with Crippen molar-refractivity contribution in [2.45, 2.75) is 25.4 Å². The number of amides is 1. The van der Waals surface area contributed by atoms with Crippen molar-refractivity contribution in [1.82, 2.24) is 9.80 Å². The number of benzene rings is 2. The van der Waals surface area contributed by atoms with Crippen LogP contribution >= 0.6 is 11.6 Å². The van der Waals surface area contributed by atoms with Crippen molar-refractivity contribution in [3.8, 4) is 5.75 Å². The first-order valence-electron chi connectivity index (χ1n) is 9.55. The Labute approximate surface area is 165 Å². The molecule has 2 bridgehead atoms. The second-order valence-electron chi connectivity index (χ2n) is 7.57. The van der Waals surface area contributed by atoms with Crippen LogP contribution in [0, 0.1) is 5.92 Å². The molecule has 3 heterocycles. The molecule has 5 rings (SSSR count). The smallest absolute Gasteiger partial charge is 0.257 e. The van der Waals surface area contributed by atoms with Crippen molar-refractivity contribution in [2.24, 2.45) is 5.92 Å². The molecule has 3 aliphatic heterocycles. The lowest BCUT2D eigenvalue weighted by Gasteiger charge is -2.36. The van der Waals surface area contributed by atoms with Crippen LogP contribution in [0.4, 0.5) is 0 Å². The lowest BCUT2D eigenvalue weighted by molar-refractivity contribution is 0.0732. The zero-order chi connectivity index (χ0) is 18.8. The number of hydrogen-bond donors (Lipinski definition) is 0. The van der Waals surface area contributed by atoms with Gasteiger partial charge in [0.2, 0.25) is 0 Å². The molecule has 0 aliphatic carbocycles. The van der Waals surface area contributed by atoms with Crippen LogP contribution in [0.3, 0.4) is 0 Å². The lowest BCUT2D eigenvalue weighted by atomic mass is 9.94. The van der Waals surface area contributed by atoms with E-state index in [1.807, 2.05) is 4.90 Å². The fraction of sp³-hybridized carbons (Fsp3) is 0.409. The molecule has 27 heavy (non-hydrogen) atoms. The highest BCUT2D eigenvalue weighted by atomic mass is 35.5. The molecule has 4 nitrogen and oxygen atoms in total. The van der Waals surface area contributed by atoms with Crippen LogP contribution in [0.1, 0.15) is 28.8 Å². The highest BCUT2D eigenvalue weighted by Crippen LogP contribution is 2.31. The maximum absolute atomic E-state index is 13.2. The van der Waals surface area contributed by atoms with Gasteiger partial charge in [0.25, 0.3) is 5.91 Å². The molecule has 3 aliphatic rings. The number of ether oxygens (including phenoxy) is 1. The summed E-state index contributed by atoms with van der Waals surface area (Å²) in [4.78, 5) is 17.8. The number of piperidine rings is 1. The third-order valence-corrected chi connectivity index (χ3v) is 5.97. The Morgan fingerprint density at radius 1 is 1.11 bits per heavy atom. The molecule has 0 spiro atoms. The molecule has 0 saturated carbocycles. The number of hydrogen-bond acceptors (Lipinski definition) is 3. The van der Waals surface area contributed by atoms with E-state index < -0.39 is 0 Å². The molecule has 3 fully saturated rings. The van der Waals surface area contributed by atoms with E-state index in [1.54, 1.807) is 25.3 Å². The zero-order valence-electron chi connectivity index (χ0n) is 15.6. The van der Waals surface area contributed by atoms with Gasteiger partial charge in [-0.2, -0.15) is 0 Å². The number of carbonyl (C=O) groups is 1. The molecule has 0 N–H and O–H groups in total. The van der Waals surface area contributed by atoms with Crippen molar-refractivity contribution >= 4 is 17.5 Å². The summed E-state index contributed by atoms with van der Waals surface area (Å²) in [6.07, 6.45) is 2.34. The Hall–Kier alpha value is -2.04. The molecule has 0 aromatic heterocycles. The minimum Gasteiger partial charge on any atom is -0.496 e. The minimum absolute atomic E-state index is 0.0435. The quantitative estimate of drug-likeness (QED) is 0.796. The molecule has 142 valence electrons. The van der Waals surface area contributed by atoms with Gasteiger partial charge in [-0.05, 0) is 42.5 Å². The predicted molar refractivity (Wildman–Crippen MR) is 107 cm³/mol. The average molecular weight is 385 g/mol. The van der Waals surface area contributed by atoms with E-state index in [2.05, 4.69) is 35.2 Å². The first-order valence-corrected chi connectivity index (χ1v) is 9.92. The van der Waals surface area contributed by atoms with Gasteiger partial charge in [0.05, 0.1) is 12.7 Å². The first-order chi connectivity index (χ1) is 13.1. The van der Waals surface area contributed by atoms with Crippen molar-refractivity contribution in [3.05, 3.63) is 64.7 Å². The minimum atomic E-state index is 0.0435. The molecule has 0 radical (unpaired) electrons. The number of fused-ring (bicyclic) bond motifs is 4. The van der Waals surface area contributed by atoms with E-state index in [4.69, 9.17) is 16.3 Å². The number of nitrogens with zero attached hydrogens (tertiary/aromatic N) is 2. The summed E-state index contributed by atoms with van der Waals surface area (Å²) in [5.74, 6) is 1.11. The SMILES string of the molecule is COc1cc(Cl)ccc1C(=O)N1C[C@H]2CC[C@@H](C1)N(Cc1ccccc1)C2. The largest absolute Gasteiger partial charge is 0.496 e. The summed E-state index contributed by atoms with van der Waals surface area (Å²) in [5, 5.41) is 0.577. The summed E-state index contributed by atoms with van der Waals surface area (Å²) in [7, 11) is 1.58. The van der Waals surface area contributed by atoms with Crippen LogP contribution in [-0.2, 0) is 6.54 Å². The second-order valence-corrected chi connectivity index (χ2v) is 8.00. The van der Waals surface area contributed by atoms with Gasteiger partial charge in [-0.3, -0.25) is 9.69 Å². The predicted octanol–water partition coefficient (Wildman–Crippen LogP) is 4.09. The lowest BCUT2D eigenvalue weighted by Crippen LogP contribution is -2.43. The van der Waals surface area contributed by atoms with E-state index in [0.717, 1.165) is 32.6 Å². The van der Waals surface area contributed by atoms with Crippen molar-refractivity contribution in [3.63, 3.8) is 0 Å². The summed E-state index contributed by atoms with van der Waals surface area (Å²) >= 11 is 6.05. The topological polar surface area (TPSA) is 32.8 Å². The van der Waals surface area contributed by atoms with Crippen molar-refractivity contribution in [2.75, 3.05) is 26.7 Å². The average Bonchev–Trinajstić information content (AvgIpc) is 3.00. The Morgan fingerprint density at radius 3 is 2.70 bits per heavy atom. The van der Waals surface area contributed by atoms with Gasteiger partial charge in [0.15, 0.2) is 0 Å². The van der Waals surface area contributed by atoms with E-state index in [0.29, 0.717) is 28.3 Å². The van der Waals surface area contributed by atoms with Gasteiger partial charge < -0.3 is 9.64 Å². The van der Waals surface area contributed by atoms with Crippen LogP contribution < -0.4 is 4.74 Å². The fourth-order valence-corrected chi connectivity index (χ4v) is 4.53. The van der Waals surface area contributed by atoms with Crippen LogP contribution in [0.15, 0.2) is 48.5 Å². The molecule has 2 aromatic rings. The van der Waals surface area contributed by atoms with Gasteiger partial charge in [0, 0.05) is 37.2 Å². The molecular formula is C22H25ClN2O2. The highest BCUT2D eigenvalue weighted by Gasteiger charge is 2.37. The third kappa shape index (κ3) is 3.97. The third-order valence-electron chi connectivity index (χ3n) is 5.74. The number of halogens is 1. The molecule has 1 amide bonds. The molecule has 0 unspecified atom stereocenters. The van der Waals surface area contributed by atoms with Crippen LogP contribution in [-0.4, -0.2) is 48.5 Å². The standard InChI is InChI=1S/C22H25ClN2O2/c1-27-21-11-18(23)8-10-20(21)22(26)25-14-17-7-9-19(15-25)24(13-17)12-16-5-3-2-4-6-16/h2-6,8,10-11,17,19H,7,9,12-15H2,1H3/t17-,19-/m0/s1. The highest BCUT2D eigenvalue weighted by molar-refractivity contribution is 6.30. The van der Waals surface area contributed by atoms with Crippen LogP contribution in [0.25, 0.3) is 0 Å². The van der Waals surface area contributed by atoms with Gasteiger partial charge in [0.1, 0.15) is 5.75 Å². The van der Waals surface area contributed by atoms with Crippen LogP contribution in [0.2, 0.25) is 5.02 Å². The molecular weight excluding hydrogens is 360 g/mol. The Bertz CT molecular complexity index is 811. The second kappa shape index (κ2) is 7.91. The van der Waals surface area contributed by atoms with Crippen LogP contribution in [0.5, 0.6) is 5.75 Å². The Kier molecular flexibility index (Phi) is 5.37. The number of methoxy groups -OCH3 is 1. The fourth-order valence-electron chi connectivity index (χ4n) is 4.37. The first kappa shape index (κ1) is 18.3. The van der Waals surface area contributed by atoms with Crippen molar-refractivity contribution < 1.29 is 9.53 Å². The van der Waals surface area contributed by atoms with Gasteiger partial charge in [-0.1, -0.05) is 41.9 Å². The molecule has 2 atom stereocenters. The summed E-state index contributed by atoms with van der Waals surface area (Å²) in [5.41, 5.74) is 1.93. The maximum atomic E-state index is 13.2. The van der Waals surface area contributed by atoms with Crippen molar-refractivity contribution in [1.29, 1.82) is 0 Å². The molecule has 5 heteroatoms. The molecule has 2 aromatic carbocycles. The zero-order valence-corrected chi connectivity index (χ0v) is 16.4. The summed E-state index contributed by atoms with van der Waals surface area (Å²) < 4.78 is 5.40. The molecule has 3 saturated heterocycles. The normalized spacial score (nSPS) is 22.5. The maximum Gasteiger partial charge on any atom is 0.257 e. The van der Waals surface area contributed by atoms with E-state index in [1.165, 1.54) is 12.0 Å². The number of carbonyl (C=O) groups excluding carboxylic acids is 1. The Balaban J connectivity index is 1.52. The van der Waals surface area contributed by atoms with E-state index in [-0.39, 0.29) is 5.91 Å². The Morgan fingerprint density at radius 2 is 1.93 bits per heavy atom. The summed E-state index contributed by atoms with van der Waals surface area (Å²) in [6, 6.07) is 16.2. The van der Waals surface area contributed by atoms with Gasteiger partial charge in [-0.25, -0.2) is 0 Å². The van der Waals surface area contributed by atoms with Gasteiger partial charge >= 0.3 is 0 Å². The monoisotopic (exact) mass is 384 g/mol. The van der Waals surface area contributed by atoms with E-state index >= 15 is 0 Å². The number of rotatable bonds is 4.